The van der Waals surface area contributed by atoms with Crippen molar-refractivity contribution in [1.29, 1.82) is 0 Å². The first-order valence-electron chi connectivity index (χ1n) is 10.1. The van der Waals surface area contributed by atoms with E-state index in [1.165, 1.54) is 16.7 Å². The van der Waals surface area contributed by atoms with Crippen LogP contribution >= 0.6 is 0 Å². The second-order valence-electron chi connectivity index (χ2n) is 7.84. The summed E-state index contributed by atoms with van der Waals surface area (Å²) in [6.45, 7) is 3.32. The Balaban J connectivity index is 1.32. The van der Waals surface area contributed by atoms with Crippen LogP contribution in [0.2, 0.25) is 0 Å². The fourth-order valence-electron chi connectivity index (χ4n) is 3.94. The van der Waals surface area contributed by atoms with Crippen LogP contribution in [0.5, 0.6) is 0 Å². The third-order valence-corrected chi connectivity index (χ3v) is 5.83. The number of alkyl halides is 3. The van der Waals surface area contributed by atoms with Gasteiger partial charge in [0.1, 0.15) is 0 Å². The topological polar surface area (TPSA) is 61.9 Å². The summed E-state index contributed by atoms with van der Waals surface area (Å²) in [6, 6.07) is 10.6. The number of hydrogen-bond acceptors (Lipinski definition) is 5. The number of rotatable bonds is 5. The number of hydrogen-bond donors (Lipinski definition) is 1. The predicted octanol–water partition coefficient (Wildman–Crippen LogP) is 3.40. The van der Waals surface area contributed by atoms with Crippen molar-refractivity contribution in [2.24, 2.45) is 7.05 Å². The number of aryl methyl sites for hydroxylation is 1. The highest BCUT2D eigenvalue weighted by Gasteiger charge is 2.31. The standard InChI is InChI=1S/C22H24F3N3O3/c1-26-18-6-5-15(13-20(18)31-21(26)30)19(29)7-8-27-9-11-28(12-10-27)17-4-2-3-16(14-17)22(23,24)25/h2-6,13-14,19,29H,7-12H2,1H3. The minimum Gasteiger partial charge on any atom is -0.408 e. The molecule has 166 valence electrons. The van der Waals surface area contributed by atoms with E-state index in [0.717, 1.165) is 6.07 Å². The molecule has 9 heteroatoms. The molecule has 1 atom stereocenters. The summed E-state index contributed by atoms with van der Waals surface area (Å²) in [5, 5.41) is 10.6. The summed E-state index contributed by atoms with van der Waals surface area (Å²) in [5.41, 5.74) is 1.74. The highest BCUT2D eigenvalue weighted by molar-refractivity contribution is 5.73. The molecule has 0 aliphatic carbocycles. The molecule has 0 saturated carbocycles. The minimum atomic E-state index is -4.35. The first-order valence-corrected chi connectivity index (χ1v) is 10.1. The smallest absolute Gasteiger partial charge is 0.408 e. The van der Waals surface area contributed by atoms with Gasteiger partial charge in [-0.1, -0.05) is 12.1 Å². The van der Waals surface area contributed by atoms with Crippen LogP contribution in [0, 0.1) is 0 Å². The Hall–Kier alpha value is -2.78. The Morgan fingerprint density at radius 2 is 1.84 bits per heavy atom. The van der Waals surface area contributed by atoms with Gasteiger partial charge in [0.15, 0.2) is 5.58 Å². The SMILES string of the molecule is Cn1c(=O)oc2cc(C(O)CCN3CCN(c4cccc(C(F)(F)F)c4)CC3)ccc21. The van der Waals surface area contributed by atoms with E-state index < -0.39 is 23.6 Å². The van der Waals surface area contributed by atoms with Crippen LogP contribution in [0.3, 0.4) is 0 Å². The lowest BCUT2D eigenvalue weighted by Crippen LogP contribution is -2.46. The van der Waals surface area contributed by atoms with Crippen molar-refractivity contribution < 1.29 is 22.7 Å². The van der Waals surface area contributed by atoms with E-state index in [0.29, 0.717) is 61.5 Å². The number of aliphatic hydroxyl groups is 1. The third kappa shape index (κ3) is 4.62. The van der Waals surface area contributed by atoms with Crippen LogP contribution in [0.25, 0.3) is 11.1 Å². The minimum absolute atomic E-state index is 0.443. The molecular weight excluding hydrogens is 411 g/mol. The number of fused-ring (bicyclic) bond motifs is 1. The number of nitrogens with zero attached hydrogens (tertiary/aromatic N) is 3. The van der Waals surface area contributed by atoms with Crippen LogP contribution in [0.1, 0.15) is 23.7 Å². The molecule has 4 rings (SSSR count). The van der Waals surface area contributed by atoms with Crippen LogP contribution in [-0.4, -0.2) is 47.3 Å². The van der Waals surface area contributed by atoms with Crippen LogP contribution in [0.4, 0.5) is 18.9 Å². The molecule has 0 spiro atoms. The average molecular weight is 435 g/mol. The Morgan fingerprint density at radius 1 is 1.10 bits per heavy atom. The molecule has 3 aromatic rings. The van der Waals surface area contributed by atoms with Gasteiger partial charge in [0, 0.05) is 45.5 Å². The highest BCUT2D eigenvalue weighted by Crippen LogP contribution is 2.32. The molecule has 1 fully saturated rings. The van der Waals surface area contributed by atoms with Gasteiger partial charge in [-0.05, 0) is 42.3 Å². The van der Waals surface area contributed by atoms with E-state index in [1.54, 1.807) is 31.3 Å². The largest absolute Gasteiger partial charge is 0.419 e. The number of halogens is 3. The van der Waals surface area contributed by atoms with E-state index in [1.807, 2.05) is 4.90 Å². The molecule has 1 aromatic heterocycles. The van der Waals surface area contributed by atoms with E-state index in [-0.39, 0.29) is 0 Å². The first-order chi connectivity index (χ1) is 14.7. The molecule has 1 unspecified atom stereocenters. The Morgan fingerprint density at radius 3 is 2.55 bits per heavy atom. The zero-order chi connectivity index (χ0) is 22.2. The van der Waals surface area contributed by atoms with Gasteiger partial charge in [-0.2, -0.15) is 13.2 Å². The number of anilines is 1. The van der Waals surface area contributed by atoms with Crippen molar-refractivity contribution in [3.63, 3.8) is 0 Å². The normalized spacial score (nSPS) is 16.7. The summed E-state index contributed by atoms with van der Waals surface area (Å²) >= 11 is 0. The van der Waals surface area contributed by atoms with Gasteiger partial charge in [-0.15, -0.1) is 0 Å². The van der Waals surface area contributed by atoms with Crippen LogP contribution in [-0.2, 0) is 13.2 Å². The van der Waals surface area contributed by atoms with Crippen molar-refractivity contribution in [3.8, 4) is 0 Å². The summed E-state index contributed by atoms with van der Waals surface area (Å²) in [4.78, 5) is 15.8. The molecule has 1 N–H and O–H groups in total. The average Bonchev–Trinajstić information content (AvgIpc) is 3.05. The molecule has 0 radical (unpaired) electrons. The first kappa shape index (κ1) is 21.5. The number of oxazole rings is 1. The van der Waals surface area contributed by atoms with E-state index in [4.69, 9.17) is 4.42 Å². The second-order valence-corrected chi connectivity index (χ2v) is 7.84. The molecule has 0 bridgehead atoms. The van der Waals surface area contributed by atoms with Gasteiger partial charge >= 0.3 is 11.9 Å². The van der Waals surface area contributed by atoms with Crippen LogP contribution in [0.15, 0.2) is 51.7 Å². The van der Waals surface area contributed by atoms with Gasteiger partial charge in [0.05, 0.1) is 17.2 Å². The zero-order valence-electron chi connectivity index (χ0n) is 17.1. The van der Waals surface area contributed by atoms with Gasteiger partial charge in [0.25, 0.3) is 0 Å². The number of piperazine rings is 1. The lowest BCUT2D eigenvalue weighted by molar-refractivity contribution is -0.137. The van der Waals surface area contributed by atoms with Crippen molar-refractivity contribution in [2.45, 2.75) is 18.7 Å². The second kappa shape index (κ2) is 8.39. The van der Waals surface area contributed by atoms with E-state index in [9.17, 15) is 23.1 Å². The molecule has 1 aliphatic heterocycles. The fourth-order valence-corrected chi connectivity index (χ4v) is 3.94. The zero-order valence-corrected chi connectivity index (χ0v) is 17.1. The summed E-state index contributed by atoms with van der Waals surface area (Å²) in [5.74, 6) is -0.444. The van der Waals surface area contributed by atoms with Gasteiger partial charge in [-0.3, -0.25) is 9.47 Å². The number of benzene rings is 2. The maximum Gasteiger partial charge on any atom is 0.419 e. The van der Waals surface area contributed by atoms with Gasteiger partial charge in [0.2, 0.25) is 0 Å². The Kier molecular flexibility index (Phi) is 5.81. The van der Waals surface area contributed by atoms with Gasteiger partial charge in [-0.25, -0.2) is 4.79 Å². The number of aromatic nitrogens is 1. The maximum absolute atomic E-state index is 12.9. The van der Waals surface area contributed by atoms with E-state index >= 15 is 0 Å². The molecule has 2 heterocycles. The summed E-state index contributed by atoms with van der Waals surface area (Å²) in [6.07, 6.45) is -4.54. The van der Waals surface area contributed by atoms with Crippen molar-refractivity contribution >= 4 is 16.8 Å². The Labute approximate surface area is 177 Å². The van der Waals surface area contributed by atoms with Crippen molar-refractivity contribution in [2.75, 3.05) is 37.6 Å². The summed E-state index contributed by atoms with van der Waals surface area (Å²) < 4.78 is 45.4. The number of aliphatic hydroxyl groups excluding tert-OH is 1. The molecule has 2 aromatic carbocycles. The third-order valence-electron chi connectivity index (χ3n) is 5.83. The van der Waals surface area contributed by atoms with Crippen LogP contribution < -0.4 is 10.7 Å². The molecule has 6 nitrogen and oxygen atoms in total. The quantitative estimate of drug-likeness (QED) is 0.666. The highest BCUT2D eigenvalue weighted by atomic mass is 19.4. The van der Waals surface area contributed by atoms with Crippen molar-refractivity contribution in [1.82, 2.24) is 9.47 Å². The lowest BCUT2D eigenvalue weighted by atomic mass is 10.1. The summed E-state index contributed by atoms with van der Waals surface area (Å²) in [7, 11) is 1.63. The monoisotopic (exact) mass is 435 g/mol. The van der Waals surface area contributed by atoms with Gasteiger partial charge < -0.3 is 14.4 Å². The van der Waals surface area contributed by atoms with Crippen molar-refractivity contribution in [3.05, 3.63) is 64.1 Å². The predicted molar refractivity (Wildman–Crippen MR) is 111 cm³/mol. The van der Waals surface area contributed by atoms with E-state index in [2.05, 4.69) is 4.90 Å². The fraction of sp³-hybridized carbons (Fsp3) is 0.409. The molecule has 1 saturated heterocycles. The Bertz CT molecular complexity index is 1110. The maximum atomic E-state index is 12.9. The molecule has 0 amide bonds. The lowest BCUT2D eigenvalue weighted by Gasteiger charge is -2.36. The molecule has 31 heavy (non-hydrogen) atoms. The molecular formula is C22H24F3N3O3. The molecule has 1 aliphatic rings.